The molecule has 0 amide bonds. The van der Waals surface area contributed by atoms with Crippen LogP contribution in [0.4, 0.5) is 4.39 Å². The number of halogens is 2. The van der Waals surface area contributed by atoms with Gasteiger partial charge in [0.25, 0.3) is 0 Å². The number of nitrogens with zero attached hydrogens (tertiary/aromatic N) is 1. The highest BCUT2D eigenvalue weighted by molar-refractivity contribution is 9.10. The van der Waals surface area contributed by atoms with Crippen LogP contribution in [0.5, 0.6) is 0 Å². The van der Waals surface area contributed by atoms with E-state index in [2.05, 4.69) is 20.9 Å². The Kier molecular flexibility index (Phi) is 3.34. The molecule has 68 valence electrons. The fourth-order valence-corrected chi connectivity index (χ4v) is 1.37. The number of aliphatic imine (C=N–C) groups is 1. The molecule has 0 saturated heterocycles. The van der Waals surface area contributed by atoms with Crippen LogP contribution in [0.3, 0.4) is 0 Å². The zero-order chi connectivity index (χ0) is 9.84. The SMILES string of the molecule is Cc1cc(F)c(Br)cc1CN=C=O. The van der Waals surface area contributed by atoms with E-state index in [1.807, 2.05) is 0 Å². The van der Waals surface area contributed by atoms with Gasteiger partial charge in [0.15, 0.2) is 0 Å². The maximum Gasteiger partial charge on any atom is 0.235 e. The Labute approximate surface area is 83.6 Å². The minimum Gasteiger partial charge on any atom is -0.211 e. The number of aryl methyl sites for hydroxylation is 1. The Bertz CT molecular complexity index is 372. The predicted molar refractivity (Wildman–Crippen MR) is 50.7 cm³/mol. The lowest BCUT2D eigenvalue weighted by Crippen LogP contribution is -1.90. The summed E-state index contributed by atoms with van der Waals surface area (Å²) in [5, 5.41) is 0. The van der Waals surface area contributed by atoms with Gasteiger partial charge in [-0.1, -0.05) is 0 Å². The lowest BCUT2D eigenvalue weighted by molar-refractivity contribution is 0.562. The maximum atomic E-state index is 12.9. The van der Waals surface area contributed by atoms with Crippen LogP contribution >= 0.6 is 15.9 Å². The second-order valence-corrected chi connectivity index (χ2v) is 3.45. The van der Waals surface area contributed by atoms with Crippen LogP contribution in [0.15, 0.2) is 21.6 Å². The molecule has 0 unspecified atom stereocenters. The molecule has 0 aliphatic heterocycles. The molecule has 0 bridgehead atoms. The van der Waals surface area contributed by atoms with E-state index in [0.717, 1.165) is 11.1 Å². The molecule has 2 nitrogen and oxygen atoms in total. The predicted octanol–water partition coefficient (Wildman–Crippen LogP) is 2.73. The van der Waals surface area contributed by atoms with Gasteiger partial charge in [0.1, 0.15) is 5.82 Å². The van der Waals surface area contributed by atoms with E-state index in [0.29, 0.717) is 4.47 Å². The highest BCUT2D eigenvalue weighted by atomic mass is 79.9. The third-order valence-corrected chi connectivity index (χ3v) is 2.30. The smallest absolute Gasteiger partial charge is 0.211 e. The summed E-state index contributed by atoms with van der Waals surface area (Å²) in [7, 11) is 0. The van der Waals surface area contributed by atoms with E-state index in [1.165, 1.54) is 12.1 Å². The van der Waals surface area contributed by atoms with Crippen molar-refractivity contribution in [1.29, 1.82) is 0 Å². The second-order valence-electron chi connectivity index (χ2n) is 2.60. The Morgan fingerprint density at radius 3 is 2.92 bits per heavy atom. The summed E-state index contributed by atoms with van der Waals surface area (Å²) in [5.74, 6) is -0.309. The molecule has 13 heavy (non-hydrogen) atoms. The number of hydrogen-bond acceptors (Lipinski definition) is 2. The van der Waals surface area contributed by atoms with Gasteiger partial charge in [-0.3, -0.25) is 0 Å². The Morgan fingerprint density at radius 1 is 1.62 bits per heavy atom. The van der Waals surface area contributed by atoms with Crippen LogP contribution in [0, 0.1) is 12.7 Å². The summed E-state index contributed by atoms with van der Waals surface area (Å²) in [6, 6.07) is 3.02. The first-order valence-electron chi connectivity index (χ1n) is 3.63. The Hall–Kier alpha value is -0.990. The number of carbonyl (C=O) groups excluding carboxylic acids is 1. The molecule has 4 heteroatoms. The largest absolute Gasteiger partial charge is 0.235 e. The monoisotopic (exact) mass is 243 g/mol. The Balaban J connectivity index is 3.07. The molecule has 1 aromatic rings. The first-order valence-corrected chi connectivity index (χ1v) is 4.42. The molecular formula is C9H7BrFNO. The van der Waals surface area contributed by atoms with Crippen LogP contribution < -0.4 is 0 Å². The molecule has 1 aromatic carbocycles. The van der Waals surface area contributed by atoms with E-state index in [9.17, 15) is 9.18 Å². The van der Waals surface area contributed by atoms with Gasteiger partial charge in [-0.05, 0) is 46.1 Å². The Morgan fingerprint density at radius 2 is 2.31 bits per heavy atom. The fraction of sp³-hybridized carbons (Fsp3) is 0.222. The lowest BCUT2D eigenvalue weighted by atomic mass is 10.1. The van der Waals surface area contributed by atoms with Gasteiger partial charge in [-0.25, -0.2) is 14.2 Å². The third-order valence-electron chi connectivity index (χ3n) is 1.69. The number of benzene rings is 1. The molecule has 0 spiro atoms. The topological polar surface area (TPSA) is 29.4 Å². The highest BCUT2D eigenvalue weighted by Crippen LogP contribution is 2.20. The summed E-state index contributed by atoms with van der Waals surface area (Å²) in [6.45, 7) is 2.01. The van der Waals surface area contributed by atoms with Gasteiger partial charge in [0.2, 0.25) is 6.08 Å². The van der Waals surface area contributed by atoms with E-state index in [-0.39, 0.29) is 12.4 Å². The van der Waals surface area contributed by atoms with Gasteiger partial charge in [-0.2, -0.15) is 0 Å². The molecule has 0 fully saturated rings. The van der Waals surface area contributed by atoms with Gasteiger partial charge >= 0.3 is 0 Å². The summed E-state index contributed by atoms with van der Waals surface area (Å²) in [6.07, 6.45) is 1.44. The van der Waals surface area contributed by atoms with Crippen molar-refractivity contribution in [3.05, 3.63) is 33.5 Å². The lowest BCUT2D eigenvalue weighted by Gasteiger charge is -2.03. The zero-order valence-electron chi connectivity index (χ0n) is 6.97. The average molecular weight is 244 g/mol. The van der Waals surface area contributed by atoms with Crippen LogP contribution in [-0.2, 0) is 11.3 Å². The van der Waals surface area contributed by atoms with Crippen molar-refractivity contribution in [1.82, 2.24) is 0 Å². The quantitative estimate of drug-likeness (QED) is 0.581. The maximum absolute atomic E-state index is 12.9. The van der Waals surface area contributed by atoms with Crippen molar-refractivity contribution >= 4 is 22.0 Å². The molecular weight excluding hydrogens is 237 g/mol. The van der Waals surface area contributed by atoms with Crippen molar-refractivity contribution in [2.75, 3.05) is 0 Å². The van der Waals surface area contributed by atoms with Crippen molar-refractivity contribution in [2.24, 2.45) is 4.99 Å². The van der Waals surface area contributed by atoms with Gasteiger partial charge in [0.05, 0.1) is 11.0 Å². The molecule has 0 aromatic heterocycles. The first kappa shape index (κ1) is 10.1. The van der Waals surface area contributed by atoms with E-state index in [4.69, 9.17) is 0 Å². The molecule has 0 atom stereocenters. The summed E-state index contributed by atoms with van der Waals surface area (Å²) in [4.78, 5) is 13.3. The molecule has 1 rings (SSSR count). The fourth-order valence-electron chi connectivity index (χ4n) is 0.975. The average Bonchev–Trinajstić information content (AvgIpc) is 2.09. The van der Waals surface area contributed by atoms with E-state index in [1.54, 1.807) is 13.0 Å². The van der Waals surface area contributed by atoms with Crippen molar-refractivity contribution < 1.29 is 9.18 Å². The first-order chi connectivity index (χ1) is 6.15. The number of isocyanates is 1. The van der Waals surface area contributed by atoms with Crippen LogP contribution in [0.1, 0.15) is 11.1 Å². The third kappa shape index (κ3) is 2.47. The minimum absolute atomic E-state index is 0.244. The summed E-state index contributed by atoms with van der Waals surface area (Å²) >= 11 is 3.06. The minimum atomic E-state index is -0.309. The van der Waals surface area contributed by atoms with Gasteiger partial charge in [0, 0.05) is 0 Å². The van der Waals surface area contributed by atoms with Crippen molar-refractivity contribution in [3.63, 3.8) is 0 Å². The normalized spacial score (nSPS) is 9.46. The van der Waals surface area contributed by atoms with Crippen molar-refractivity contribution in [3.8, 4) is 0 Å². The summed E-state index contributed by atoms with van der Waals surface area (Å²) < 4.78 is 13.3. The molecule has 0 radical (unpaired) electrons. The molecule has 0 heterocycles. The van der Waals surface area contributed by atoms with E-state index < -0.39 is 0 Å². The van der Waals surface area contributed by atoms with Crippen LogP contribution in [0.2, 0.25) is 0 Å². The zero-order valence-corrected chi connectivity index (χ0v) is 8.56. The molecule has 0 aliphatic carbocycles. The number of rotatable bonds is 2. The van der Waals surface area contributed by atoms with Gasteiger partial charge < -0.3 is 0 Å². The van der Waals surface area contributed by atoms with Crippen LogP contribution in [0.25, 0.3) is 0 Å². The standard InChI is InChI=1S/C9H7BrFNO/c1-6-2-9(11)8(10)3-7(6)4-12-5-13/h2-3H,4H2,1H3. The van der Waals surface area contributed by atoms with Gasteiger partial charge in [-0.15, -0.1) is 0 Å². The van der Waals surface area contributed by atoms with E-state index >= 15 is 0 Å². The highest BCUT2D eigenvalue weighted by Gasteiger charge is 2.03. The van der Waals surface area contributed by atoms with Crippen molar-refractivity contribution in [2.45, 2.75) is 13.5 Å². The molecule has 0 saturated carbocycles. The summed E-state index contributed by atoms with van der Waals surface area (Å²) in [5.41, 5.74) is 1.59. The molecule has 0 aliphatic rings. The molecule has 0 N–H and O–H groups in total. The second kappa shape index (κ2) is 4.30. The van der Waals surface area contributed by atoms with Crippen LogP contribution in [-0.4, -0.2) is 6.08 Å². The number of hydrogen-bond donors (Lipinski definition) is 0.